The summed E-state index contributed by atoms with van der Waals surface area (Å²) in [4.78, 5) is 39.4. The highest BCUT2D eigenvalue weighted by Gasteiger charge is 2.46. The maximum Gasteiger partial charge on any atom is 0.274 e. The number of benzene rings is 1. The molecular weight excluding hydrogens is 434 g/mol. The van der Waals surface area contributed by atoms with Gasteiger partial charge in [-0.3, -0.25) is 14.4 Å². The maximum absolute atomic E-state index is 14.3. The van der Waals surface area contributed by atoms with E-state index < -0.39 is 76.0 Å². The third-order valence-electron chi connectivity index (χ3n) is 6.01. The SMILES string of the molecule is O=C(NCc1c(F)cc(F)cc1F)c1cn2c(c(O)c1=O)C(=O)N1CCCC[C@@]2(CF)C1. The Bertz CT molecular complexity index is 1160. The van der Waals surface area contributed by atoms with E-state index in [0.29, 0.717) is 37.9 Å². The number of rotatable bonds is 4. The number of fused-ring (bicyclic) bond motifs is 4. The van der Waals surface area contributed by atoms with Gasteiger partial charge in [0.05, 0.1) is 5.54 Å². The normalized spacial score (nSPS) is 20.0. The number of alkyl halides is 1. The van der Waals surface area contributed by atoms with Crippen molar-refractivity contribution in [2.75, 3.05) is 19.8 Å². The van der Waals surface area contributed by atoms with Crippen LogP contribution in [0.4, 0.5) is 17.6 Å². The average Bonchev–Trinajstić information content (AvgIpc) is 2.94. The summed E-state index contributed by atoms with van der Waals surface area (Å²) < 4.78 is 56.1. The second-order valence-corrected chi connectivity index (χ2v) is 8.01. The number of hydrogen-bond donors (Lipinski definition) is 2. The van der Waals surface area contributed by atoms with Crippen molar-refractivity contribution in [1.29, 1.82) is 0 Å². The number of hydrogen-bond acceptors (Lipinski definition) is 4. The van der Waals surface area contributed by atoms with Crippen molar-refractivity contribution in [1.82, 2.24) is 14.8 Å². The number of nitrogens with one attached hydrogen (secondary N) is 1. The molecule has 1 aromatic heterocycles. The number of halogens is 4. The first-order valence-corrected chi connectivity index (χ1v) is 9.94. The summed E-state index contributed by atoms with van der Waals surface area (Å²) in [5.74, 6) is -6.33. The predicted molar refractivity (Wildman–Crippen MR) is 104 cm³/mol. The Morgan fingerprint density at radius 1 is 1.16 bits per heavy atom. The molecule has 3 heterocycles. The minimum Gasteiger partial charge on any atom is -0.503 e. The van der Waals surface area contributed by atoms with Crippen molar-refractivity contribution < 1.29 is 32.3 Å². The minimum absolute atomic E-state index is 0.0186. The van der Waals surface area contributed by atoms with Crippen LogP contribution in [0.15, 0.2) is 23.1 Å². The first kappa shape index (κ1) is 21.8. The smallest absolute Gasteiger partial charge is 0.274 e. The van der Waals surface area contributed by atoms with Gasteiger partial charge in [-0.1, -0.05) is 0 Å². The quantitative estimate of drug-likeness (QED) is 0.695. The lowest BCUT2D eigenvalue weighted by Crippen LogP contribution is -2.55. The van der Waals surface area contributed by atoms with Gasteiger partial charge in [0.25, 0.3) is 11.8 Å². The summed E-state index contributed by atoms with van der Waals surface area (Å²) in [6.45, 7) is -1.24. The fraction of sp³-hybridized carbons (Fsp3) is 0.381. The second kappa shape index (κ2) is 7.95. The van der Waals surface area contributed by atoms with Crippen molar-refractivity contribution in [3.05, 3.63) is 62.8 Å². The van der Waals surface area contributed by atoms with Crippen LogP contribution >= 0.6 is 0 Å². The molecule has 1 aromatic carbocycles. The molecule has 170 valence electrons. The van der Waals surface area contributed by atoms with Crippen LogP contribution in [-0.2, 0) is 12.1 Å². The maximum atomic E-state index is 14.3. The van der Waals surface area contributed by atoms with E-state index in [9.17, 15) is 37.1 Å². The minimum atomic E-state index is -1.25. The van der Waals surface area contributed by atoms with Crippen molar-refractivity contribution >= 4 is 11.8 Å². The summed E-state index contributed by atoms with van der Waals surface area (Å²) >= 11 is 0. The molecule has 7 nitrogen and oxygen atoms in total. The van der Waals surface area contributed by atoms with E-state index in [2.05, 4.69) is 5.32 Å². The number of carbonyl (C=O) groups is 2. The van der Waals surface area contributed by atoms with E-state index in [4.69, 9.17) is 0 Å². The summed E-state index contributed by atoms with van der Waals surface area (Å²) in [6.07, 6.45) is 2.53. The van der Waals surface area contributed by atoms with E-state index in [-0.39, 0.29) is 6.54 Å². The van der Waals surface area contributed by atoms with Gasteiger partial charge >= 0.3 is 0 Å². The van der Waals surface area contributed by atoms with Gasteiger partial charge in [-0.25, -0.2) is 17.6 Å². The number of amides is 2. The Morgan fingerprint density at radius 3 is 2.50 bits per heavy atom. The molecule has 2 aromatic rings. The zero-order valence-corrected chi connectivity index (χ0v) is 16.8. The van der Waals surface area contributed by atoms with Crippen molar-refractivity contribution in [2.24, 2.45) is 0 Å². The summed E-state index contributed by atoms with van der Waals surface area (Å²) in [5.41, 5.74) is -4.07. The Kier molecular flexibility index (Phi) is 5.43. The molecule has 2 amide bonds. The Balaban J connectivity index is 1.73. The number of aromatic hydroxyl groups is 1. The second-order valence-electron chi connectivity index (χ2n) is 8.01. The molecule has 0 saturated carbocycles. The van der Waals surface area contributed by atoms with E-state index >= 15 is 0 Å². The molecule has 0 aliphatic carbocycles. The largest absolute Gasteiger partial charge is 0.503 e. The van der Waals surface area contributed by atoms with Gasteiger partial charge in [0.15, 0.2) is 11.4 Å². The highest BCUT2D eigenvalue weighted by atomic mass is 19.1. The van der Waals surface area contributed by atoms with Crippen LogP contribution in [0, 0.1) is 17.5 Å². The van der Waals surface area contributed by atoms with Gasteiger partial charge < -0.3 is 19.9 Å². The van der Waals surface area contributed by atoms with Gasteiger partial charge in [-0.05, 0) is 19.3 Å². The number of carbonyl (C=O) groups excluding carboxylic acids is 2. The molecule has 2 aliphatic heterocycles. The molecule has 2 aliphatic rings. The van der Waals surface area contributed by atoms with Gasteiger partial charge in [0, 0.05) is 43.5 Å². The van der Waals surface area contributed by atoms with E-state index in [1.165, 1.54) is 4.90 Å². The number of aromatic nitrogens is 1. The lowest BCUT2D eigenvalue weighted by atomic mass is 9.91. The fourth-order valence-corrected chi connectivity index (χ4v) is 4.31. The van der Waals surface area contributed by atoms with E-state index in [0.717, 1.165) is 10.8 Å². The third-order valence-corrected chi connectivity index (χ3v) is 6.01. The zero-order chi connectivity index (χ0) is 23.2. The van der Waals surface area contributed by atoms with Crippen LogP contribution in [0.1, 0.15) is 45.7 Å². The van der Waals surface area contributed by atoms with Crippen LogP contribution in [0.2, 0.25) is 0 Å². The van der Waals surface area contributed by atoms with Gasteiger partial charge in [0.1, 0.15) is 29.7 Å². The lowest BCUT2D eigenvalue weighted by molar-refractivity contribution is 0.0516. The first-order chi connectivity index (χ1) is 15.2. The average molecular weight is 453 g/mol. The fourth-order valence-electron chi connectivity index (χ4n) is 4.31. The molecule has 0 unspecified atom stereocenters. The Hall–Kier alpha value is -3.37. The summed E-state index contributed by atoms with van der Waals surface area (Å²) in [6, 6.07) is 0.886. The van der Waals surface area contributed by atoms with E-state index in [1.54, 1.807) is 0 Å². The van der Waals surface area contributed by atoms with Crippen molar-refractivity contribution in [3.63, 3.8) is 0 Å². The van der Waals surface area contributed by atoms with Crippen molar-refractivity contribution in [3.8, 4) is 5.75 Å². The van der Waals surface area contributed by atoms with Gasteiger partial charge in [-0.15, -0.1) is 0 Å². The van der Waals surface area contributed by atoms with Crippen LogP contribution in [-0.4, -0.2) is 46.2 Å². The van der Waals surface area contributed by atoms with Crippen LogP contribution in [0.25, 0.3) is 0 Å². The molecule has 32 heavy (non-hydrogen) atoms. The number of pyridine rings is 1. The Morgan fingerprint density at radius 2 is 1.84 bits per heavy atom. The highest BCUT2D eigenvalue weighted by molar-refractivity contribution is 5.99. The summed E-state index contributed by atoms with van der Waals surface area (Å²) in [7, 11) is 0. The highest BCUT2D eigenvalue weighted by Crippen LogP contribution is 2.37. The molecule has 1 atom stereocenters. The van der Waals surface area contributed by atoms with Crippen LogP contribution in [0.3, 0.4) is 0 Å². The van der Waals surface area contributed by atoms with E-state index in [1.807, 2.05) is 0 Å². The lowest BCUT2D eigenvalue weighted by Gasteiger charge is -2.42. The van der Waals surface area contributed by atoms with Crippen molar-refractivity contribution in [2.45, 2.75) is 31.3 Å². The van der Waals surface area contributed by atoms with Crippen LogP contribution in [0.5, 0.6) is 5.75 Å². The molecule has 1 saturated heterocycles. The molecular formula is C21H19F4N3O4. The number of nitrogens with zero attached hydrogens (tertiary/aromatic N) is 2. The third kappa shape index (κ3) is 3.41. The topological polar surface area (TPSA) is 91.6 Å². The monoisotopic (exact) mass is 453 g/mol. The molecule has 0 radical (unpaired) electrons. The van der Waals surface area contributed by atoms with Gasteiger partial charge in [0.2, 0.25) is 5.43 Å². The molecule has 11 heteroatoms. The Labute approximate surface area is 179 Å². The first-order valence-electron chi connectivity index (χ1n) is 9.94. The zero-order valence-electron chi connectivity index (χ0n) is 16.8. The molecule has 1 fully saturated rings. The van der Waals surface area contributed by atoms with Gasteiger partial charge in [-0.2, -0.15) is 0 Å². The molecule has 4 rings (SSSR count). The molecule has 2 N–H and O–H groups in total. The molecule has 2 bridgehead atoms. The molecule has 0 spiro atoms. The summed E-state index contributed by atoms with van der Waals surface area (Å²) in [5, 5.41) is 12.6. The predicted octanol–water partition coefficient (Wildman–Crippen LogP) is 2.21. The van der Waals surface area contributed by atoms with Crippen LogP contribution < -0.4 is 10.7 Å². The standard InChI is InChI=1S/C21H19F4N3O4/c22-9-21-3-1-2-4-27(10-21)20(32)16-18(30)17(29)13(8-28(16)21)19(31)26-7-12-14(24)5-11(23)6-15(12)25/h5-6,8,30H,1-4,7,9-10H2,(H,26,31)/t21-/m1/s1.